The van der Waals surface area contributed by atoms with Gasteiger partial charge in [0.2, 0.25) is 4.96 Å². The topological polar surface area (TPSA) is 67.6 Å². The summed E-state index contributed by atoms with van der Waals surface area (Å²) in [6.07, 6.45) is 0. The number of aromatic nitrogens is 3. The monoisotopic (exact) mass is 484 g/mol. The number of amides is 1. The van der Waals surface area contributed by atoms with Gasteiger partial charge in [0.15, 0.2) is 5.82 Å². The molecule has 0 saturated carbocycles. The van der Waals surface area contributed by atoms with Crippen molar-refractivity contribution in [3.05, 3.63) is 109 Å². The van der Waals surface area contributed by atoms with Crippen LogP contribution in [0.25, 0.3) is 21.9 Å². The first-order valence-electron chi connectivity index (χ1n) is 10.7. The summed E-state index contributed by atoms with van der Waals surface area (Å²) in [5.74, 6) is 0.289. The summed E-state index contributed by atoms with van der Waals surface area (Å²) in [7, 11) is 0. The molecule has 3 heterocycles. The average Bonchev–Trinajstić information content (AvgIpc) is 3.47. The first kappa shape index (κ1) is 20.8. The van der Waals surface area contributed by atoms with Crippen molar-refractivity contribution < 1.29 is 4.79 Å². The third-order valence-corrected chi connectivity index (χ3v) is 7.23. The molecule has 5 aromatic rings. The molecule has 0 spiro atoms. The van der Waals surface area contributed by atoms with Crippen molar-refractivity contribution in [2.45, 2.75) is 13.5 Å². The molecule has 1 aliphatic rings. The summed E-state index contributed by atoms with van der Waals surface area (Å²) in [5, 5.41) is 5.10. The summed E-state index contributed by atoms with van der Waals surface area (Å²) >= 11 is 7.21. The Morgan fingerprint density at radius 1 is 0.912 bits per heavy atom. The van der Waals surface area contributed by atoms with Gasteiger partial charge < -0.3 is 4.90 Å². The zero-order valence-electron chi connectivity index (χ0n) is 18.0. The van der Waals surface area contributed by atoms with E-state index in [1.54, 1.807) is 17.0 Å². The van der Waals surface area contributed by atoms with Crippen LogP contribution in [-0.4, -0.2) is 20.5 Å². The molecule has 1 amide bonds. The molecular weight excluding hydrogens is 468 g/mol. The molecule has 0 atom stereocenters. The highest BCUT2D eigenvalue weighted by atomic mass is 35.5. The van der Waals surface area contributed by atoms with Crippen molar-refractivity contribution in [1.82, 2.24) is 14.6 Å². The number of rotatable bonds is 3. The molecule has 8 heteroatoms. The van der Waals surface area contributed by atoms with Crippen LogP contribution in [0.1, 0.15) is 16.7 Å². The summed E-state index contributed by atoms with van der Waals surface area (Å²) < 4.78 is 1.65. The highest BCUT2D eigenvalue weighted by Crippen LogP contribution is 2.36. The fourth-order valence-corrected chi connectivity index (χ4v) is 5.38. The fraction of sp³-hybridized carbons (Fsp3) is 0.0769. The van der Waals surface area contributed by atoms with Crippen molar-refractivity contribution >= 4 is 45.1 Å². The molecule has 166 valence electrons. The van der Waals surface area contributed by atoms with Crippen molar-refractivity contribution in [1.29, 1.82) is 0 Å². The van der Waals surface area contributed by atoms with E-state index in [9.17, 15) is 9.59 Å². The lowest BCUT2D eigenvalue weighted by Gasteiger charge is -2.17. The maximum Gasteiger partial charge on any atom is 0.291 e. The van der Waals surface area contributed by atoms with E-state index < -0.39 is 0 Å². The Balaban J connectivity index is 1.50. The van der Waals surface area contributed by atoms with E-state index in [2.05, 4.69) is 10.1 Å². The van der Waals surface area contributed by atoms with Gasteiger partial charge in [0.1, 0.15) is 4.53 Å². The second kappa shape index (κ2) is 7.90. The lowest BCUT2D eigenvalue weighted by Crippen LogP contribution is -2.32. The largest absolute Gasteiger partial charge is 0.303 e. The van der Waals surface area contributed by atoms with E-state index in [4.69, 9.17) is 11.6 Å². The Hall–Kier alpha value is -3.81. The minimum atomic E-state index is -0.334. The van der Waals surface area contributed by atoms with Crippen LogP contribution < -0.4 is 15.0 Å². The quantitative estimate of drug-likeness (QED) is 0.384. The Bertz CT molecular complexity index is 1710. The van der Waals surface area contributed by atoms with Crippen molar-refractivity contribution in [3.63, 3.8) is 0 Å². The average molecular weight is 485 g/mol. The van der Waals surface area contributed by atoms with Gasteiger partial charge in [-0.25, -0.2) is 0 Å². The van der Waals surface area contributed by atoms with Crippen LogP contribution in [0.5, 0.6) is 0 Å². The Labute approximate surface area is 203 Å². The van der Waals surface area contributed by atoms with Crippen molar-refractivity contribution in [2.24, 2.45) is 0 Å². The molecule has 1 aliphatic heterocycles. The van der Waals surface area contributed by atoms with Crippen LogP contribution in [0.2, 0.25) is 5.02 Å². The number of para-hydroxylation sites is 1. The third-order valence-electron chi connectivity index (χ3n) is 5.95. The number of aryl methyl sites for hydroxylation is 1. The summed E-state index contributed by atoms with van der Waals surface area (Å²) in [4.78, 5) is 33.7. The number of carbonyl (C=O) groups is 1. The number of thiazole rings is 1. The standard InChI is InChI=1S/C26H17ClN4O2S/c1-15-6-2-3-7-18(15)23-28-26-31(29-23)25(33)22(34-26)21-19-8-4-5-9-20(19)30(24(21)32)14-16-10-12-17(27)13-11-16/h2-13H,14H2,1H3/b22-21+. The molecule has 6 rings (SSSR count). The van der Waals surface area contributed by atoms with Crippen LogP contribution >= 0.6 is 22.9 Å². The number of hydrogen-bond acceptors (Lipinski definition) is 5. The van der Waals surface area contributed by atoms with Crippen LogP contribution in [0.4, 0.5) is 5.69 Å². The minimum Gasteiger partial charge on any atom is -0.303 e. The van der Waals surface area contributed by atoms with Crippen LogP contribution in [-0.2, 0) is 11.3 Å². The highest BCUT2D eigenvalue weighted by Gasteiger charge is 2.34. The molecule has 0 unspecified atom stereocenters. The van der Waals surface area contributed by atoms with Crippen molar-refractivity contribution in [3.8, 4) is 11.4 Å². The number of fused-ring (bicyclic) bond motifs is 2. The number of nitrogens with zero attached hydrogens (tertiary/aromatic N) is 4. The predicted octanol–water partition coefficient (Wildman–Crippen LogP) is 4.24. The summed E-state index contributed by atoms with van der Waals surface area (Å²) in [6, 6.07) is 22.7. The van der Waals surface area contributed by atoms with E-state index >= 15 is 0 Å². The zero-order valence-corrected chi connectivity index (χ0v) is 19.6. The second-order valence-electron chi connectivity index (χ2n) is 8.09. The van der Waals surface area contributed by atoms with Gasteiger partial charge in [-0.1, -0.05) is 77.5 Å². The number of carbonyl (C=O) groups excluding carboxylic acids is 1. The van der Waals surface area contributed by atoms with Crippen LogP contribution in [0, 0.1) is 6.92 Å². The van der Waals surface area contributed by atoms with Gasteiger partial charge in [0, 0.05) is 16.1 Å². The molecule has 0 bridgehead atoms. The zero-order chi connectivity index (χ0) is 23.4. The van der Waals surface area contributed by atoms with E-state index in [0.717, 1.165) is 27.9 Å². The number of halogens is 1. The van der Waals surface area contributed by atoms with E-state index in [-0.39, 0.29) is 11.5 Å². The molecule has 2 aromatic heterocycles. The Morgan fingerprint density at radius 3 is 2.35 bits per heavy atom. The number of benzene rings is 3. The smallest absolute Gasteiger partial charge is 0.291 e. The number of hydrogen-bond donors (Lipinski definition) is 0. The molecule has 0 fully saturated rings. The van der Waals surface area contributed by atoms with E-state index in [1.165, 1.54) is 15.9 Å². The Kier molecular flexibility index (Phi) is 4.83. The maximum absolute atomic E-state index is 13.6. The van der Waals surface area contributed by atoms with E-state index in [1.807, 2.05) is 67.6 Å². The molecule has 0 N–H and O–H groups in total. The van der Waals surface area contributed by atoms with E-state index in [0.29, 0.717) is 32.5 Å². The molecule has 0 saturated heterocycles. The summed E-state index contributed by atoms with van der Waals surface area (Å²) in [5.41, 5.74) is 4.42. The van der Waals surface area contributed by atoms with Gasteiger partial charge in [-0.3, -0.25) is 9.59 Å². The third kappa shape index (κ3) is 3.24. The van der Waals surface area contributed by atoms with Gasteiger partial charge in [0.05, 0.1) is 17.8 Å². The molecular formula is C26H17ClN4O2S. The first-order chi connectivity index (χ1) is 16.5. The van der Waals surface area contributed by atoms with Gasteiger partial charge in [-0.15, -0.1) is 5.10 Å². The van der Waals surface area contributed by atoms with Crippen molar-refractivity contribution in [2.75, 3.05) is 4.90 Å². The minimum absolute atomic E-state index is 0.211. The first-order valence-corrected chi connectivity index (χ1v) is 11.9. The second-order valence-corrected chi connectivity index (χ2v) is 9.50. The molecule has 0 aliphatic carbocycles. The normalized spacial score (nSPS) is 14.8. The molecule has 0 radical (unpaired) electrons. The van der Waals surface area contributed by atoms with Crippen LogP contribution in [0.15, 0.2) is 77.6 Å². The summed E-state index contributed by atoms with van der Waals surface area (Å²) in [6.45, 7) is 2.36. The molecule has 3 aromatic carbocycles. The molecule has 6 nitrogen and oxygen atoms in total. The maximum atomic E-state index is 13.6. The highest BCUT2D eigenvalue weighted by molar-refractivity contribution is 7.15. The SMILES string of the molecule is Cc1ccccc1-c1nc2s/c(=C3/C(=O)N(Cc4ccc(Cl)cc4)c4ccccc43)c(=O)n2n1. The molecule has 34 heavy (non-hydrogen) atoms. The fourth-order valence-electron chi connectivity index (χ4n) is 4.25. The number of anilines is 1. The van der Waals surface area contributed by atoms with Crippen LogP contribution in [0.3, 0.4) is 0 Å². The lowest BCUT2D eigenvalue weighted by atomic mass is 10.1. The Morgan fingerprint density at radius 2 is 1.62 bits per heavy atom. The van der Waals surface area contributed by atoms with Gasteiger partial charge in [0.25, 0.3) is 11.5 Å². The van der Waals surface area contributed by atoms with Gasteiger partial charge >= 0.3 is 0 Å². The predicted molar refractivity (Wildman–Crippen MR) is 134 cm³/mol. The lowest BCUT2D eigenvalue weighted by molar-refractivity contribution is -0.113. The van der Waals surface area contributed by atoms with Gasteiger partial charge in [-0.05, 0) is 36.2 Å². The van der Waals surface area contributed by atoms with Gasteiger partial charge in [-0.2, -0.15) is 9.50 Å².